The predicted octanol–water partition coefficient (Wildman–Crippen LogP) is 2.91. The molecule has 122 valence electrons. The maximum Gasteiger partial charge on any atom is 0.270 e. The van der Waals surface area contributed by atoms with Crippen LogP contribution in [0.2, 0.25) is 0 Å². The lowest BCUT2D eigenvalue weighted by Gasteiger charge is -2.37. The molecule has 0 unspecified atom stereocenters. The van der Waals surface area contributed by atoms with Crippen LogP contribution in [0.5, 0.6) is 0 Å². The van der Waals surface area contributed by atoms with Gasteiger partial charge in [-0.05, 0) is 52.1 Å². The summed E-state index contributed by atoms with van der Waals surface area (Å²) in [5.41, 5.74) is 0.322. The van der Waals surface area contributed by atoms with Crippen LogP contribution in [0.25, 0.3) is 0 Å². The summed E-state index contributed by atoms with van der Waals surface area (Å²) in [7, 11) is 0. The van der Waals surface area contributed by atoms with Crippen LogP contribution in [0.15, 0.2) is 34.8 Å². The number of halogens is 1. The molecular formula is C17H13BrN2O4. The molecule has 6 atom stereocenters. The van der Waals surface area contributed by atoms with Crippen molar-refractivity contribution in [1.29, 1.82) is 0 Å². The van der Waals surface area contributed by atoms with Gasteiger partial charge in [0.25, 0.3) is 5.69 Å². The van der Waals surface area contributed by atoms with Gasteiger partial charge in [-0.3, -0.25) is 19.7 Å². The Labute approximate surface area is 145 Å². The maximum atomic E-state index is 13.0. The molecule has 0 radical (unpaired) electrons. The van der Waals surface area contributed by atoms with Gasteiger partial charge in [-0.1, -0.05) is 12.2 Å². The van der Waals surface area contributed by atoms with E-state index in [4.69, 9.17) is 0 Å². The number of nitro groups is 1. The molecule has 1 saturated heterocycles. The van der Waals surface area contributed by atoms with Crippen molar-refractivity contribution in [3.8, 4) is 0 Å². The molecule has 0 aromatic heterocycles. The molecule has 1 heterocycles. The number of anilines is 1. The van der Waals surface area contributed by atoms with Crippen LogP contribution < -0.4 is 4.90 Å². The molecule has 0 N–H and O–H groups in total. The molecule has 0 spiro atoms. The zero-order valence-electron chi connectivity index (χ0n) is 12.5. The lowest BCUT2D eigenvalue weighted by atomic mass is 9.63. The van der Waals surface area contributed by atoms with Crippen LogP contribution >= 0.6 is 15.9 Å². The summed E-state index contributed by atoms with van der Waals surface area (Å²) in [6, 6.07) is 4.14. The highest BCUT2D eigenvalue weighted by Gasteiger charge is 2.67. The zero-order chi connectivity index (χ0) is 16.7. The van der Waals surface area contributed by atoms with E-state index in [1.165, 1.54) is 23.1 Å². The van der Waals surface area contributed by atoms with Crippen LogP contribution in [0.3, 0.4) is 0 Å². The highest BCUT2D eigenvalue weighted by molar-refractivity contribution is 9.10. The Hall–Kier alpha value is -2.02. The highest BCUT2D eigenvalue weighted by Crippen LogP contribution is 2.65. The summed E-state index contributed by atoms with van der Waals surface area (Å²) in [6.07, 6.45) is 5.37. The van der Waals surface area contributed by atoms with E-state index < -0.39 is 4.92 Å². The number of benzene rings is 1. The average Bonchev–Trinajstić information content (AvgIpc) is 3.33. The first-order chi connectivity index (χ1) is 11.5. The second kappa shape index (κ2) is 4.53. The molecule has 1 aromatic carbocycles. The highest BCUT2D eigenvalue weighted by atomic mass is 79.9. The number of hydrogen-bond donors (Lipinski definition) is 0. The summed E-state index contributed by atoms with van der Waals surface area (Å²) in [5, 5.41) is 10.9. The van der Waals surface area contributed by atoms with E-state index in [1.54, 1.807) is 0 Å². The Morgan fingerprint density at radius 2 is 1.67 bits per heavy atom. The summed E-state index contributed by atoms with van der Waals surface area (Å²) < 4.78 is 0.391. The van der Waals surface area contributed by atoms with Gasteiger partial charge in [-0.25, -0.2) is 4.90 Å². The fourth-order valence-corrected chi connectivity index (χ4v) is 5.53. The molecule has 7 heteroatoms. The van der Waals surface area contributed by atoms with Gasteiger partial charge in [0.05, 0.1) is 22.4 Å². The number of allylic oxidation sites excluding steroid dienone is 2. The molecule has 2 saturated carbocycles. The van der Waals surface area contributed by atoms with Crippen molar-refractivity contribution in [2.24, 2.45) is 35.5 Å². The predicted molar refractivity (Wildman–Crippen MR) is 88.0 cm³/mol. The van der Waals surface area contributed by atoms with Gasteiger partial charge in [0, 0.05) is 16.6 Å². The Bertz CT molecular complexity index is 815. The molecule has 1 aliphatic heterocycles. The van der Waals surface area contributed by atoms with Crippen LogP contribution in [0.4, 0.5) is 11.4 Å². The molecule has 6 nitrogen and oxygen atoms in total. The molecule has 6 rings (SSSR count). The van der Waals surface area contributed by atoms with Gasteiger partial charge in [0.1, 0.15) is 0 Å². The second-order valence-corrected chi connectivity index (χ2v) is 7.91. The Balaban J connectivity index is 1.56. The minimum Gasteiger partial charge on any atom is -0.274 e. The number of nitro benzene ring substituents is 1. The molecule has 2 amide bonds. The first kappa shape index (κ1) is 14.3. The minimum atomic E-state index is -0.500. The number of hydrogen-bond acceptors (Lipinski definition) is 4. The van der Waals surface area contributed by atoms with Crippen molar-refractivity contribution in [3.05, 3.63) is 44.9 Å². The van der Waals surface area contributed by atoms with Gasteiger partial charge in [-0.2, -0.15) is 0 Å². The van der Waals surface area contributed by atoms with E-state index in [2.05, 4.69) is 28.1 Å². The van der Waals surface area contributed by atoms with E-state index in [1.807, 2.05) is 0 Å². The van der Waals surface area contributed by atoms with E-state index in [0.29, 0.717) is 22.0 Å². The van der Waals surface area contributed by atoms with Gasteiger partial charge in [0.15, 0.2) is 0 Å². The van der Waals surface area contributed by atoms with E-state index >= 15 is 0 Å². The van der Waals surface area contributed by atoms with E-state index in [0.717, 1.165) is 6.42 Å². The molecule has 2 bridgehead atoms. The lowest BCUT2D eigenvalue weighted by Crippen LogP contribution is -2.40. The van der Waals surface area contributed by atoms with Crippen molar-refractivity contribution >= 4 is 39.1 Å². The van der Waals surface area contributed by atoms with Crippen LogP contribution in [0.1, 0.15) is 6.42 Å². The first-order valence-corrected chi connectivity index (χ1v) is 8.78. The Morgan fingerprint density at radius 1 is 1.08 bits per heavy atom. The summed E-state index contributed by atoms with van der Waals surface area (Å²) in [6.45, 7) is 0. The first-order valence-electron chi connectivity index (χ1n) is 7.99. The number of nitrogens with zero attached hydrogens (tertiary/aromatic N) is 2. The van der Waals surface area contributed by atoms with Crippen molar-refractivity contribution in [1.82, 2.24) is 0 Å². The van der Waals surface area contributed by atoms with Crippen LogP contribution in [0, 0.1) is 45.6 Å². The number of non-ortho nitro benzene ring substituents is 1. The normalized spacial score (nSPS) is 38.3. The summed E-state index contributed by atoms with van der Waals surface area (Å²) in [4.78, 5) is 37.6. The monoisotopic (exact) mass is 388 g/mol. The lowest BCUT2D eigenvalue weighted by molar-refractivity contribution is -0.384. The van der Waals surface area contributed by atoms with Crippen LogP contribution in [-0.2, 0) is 9.59 Å². The van der Waals surface area contributed by atoms with E-state index in [9.17, 15) is 19.7 Å². The largest absolute Gasteiger partial charge is 0.274 e. The average molecular weight is 389 g/mol. The van der Waals surface area contributed by atoms with Crippen molar-refractivity contribution < 1.29 is 14.5 Å². The third-order valence-electron chi connectivity index (χ3n) is 6.05. The minimum absolute atomic E-state index is 0.0786. The molecule has 5 aliphatic rings. The smallest absolute Gasteiger partial charge is 0.270 e. The van der Waals surface area contributed by atoms with Crippen molar-refractivity contribution in [2.45, 2.75) is 6.42 Å². The number of carbonyl (C=O) groups excluding carboxylic acids is 2. The number of rotatable bonds is 2. The summed E-state index contributed by atoms with van der Waals surface area (Å²) in [5.74, 6) is 0.591. The zero-order valence-corrected chi connectivity index (χ0v) is 14.0. The third kappa shape index (κ3) is 1.65. The maximum absolute atomic E-state index is 13.0. The van der Waals surface area contributed by atoms with Crippen molar-refractivity contribution in [3.63, 3.8) is 0 Å². The number of carbonyl (C=O) groups is 2. The fourth-order valence-electron chi connectivity index (χ4n) is 4.99. The summed E-state index contributed by atoms with van der Waals surface area (Å²) >= 11 is 3.28. The van der Waals surface area contributed by atoms with Gasteiger partial charge in [-0.15, -0.1) is 0 Å². The molecule has 24 heavy (non-hydrogen) atoms. The Kier molecular flexibility index (Phi) is 2.71. The quantitative estimate of drug-likeness (QED) is 0.337. The topological polar surface area (TPSA) is 80.5 Å². The molecule has 1 aromatic rings. The van der Waals surface area contributed by atoms with Crippen LogP contribution in [-0.4, -0.2) is 16.7 Å². The second-order valence-electron chi connectivity index (χ2n) is 7.06. The number of imide groups is 1. The van der Waals surface area contributed by atoms with Gasteiger partial charge >= 0.3 is 0 Å². The van der Waals surface area contributed by atoms with E-state index in [-0.39, 0.29) is 41.2 Å². The third-order valence-corrected chi connectivity index (χ3v) is 6.68. The van der Waals surface area contributed by atoms with Gasteiger partial charge in [0.2, 0.25) is 11.8 Å². The standard InChI is InChI=1S/C17H13BrN2O4/c18-12-5-7(20(23)24)1-4-13(12)19-16(21)14-8-2-3-9(11-6-10(8)11)15(14)17(19)22/h1-5,8-11,14-15H,6H2/t8-,9-,10-,11+,14+,15-/m1/s1. The molecule has 4 aliphatic carbocycles. The Morgan fingerprint density at radius 3 is 2.17 bits per heavy atom. The fraction of sp³-hybridized carbons (Fsp3) is 0.412. The molecular weight excluding hydrogens is 376 g/mol. The SMILES string of the molecule is O=C1[C@@H]2[C@@H]3C=C[C@H]([C@H]4C[C@@H]34)[C@@H]2C(=O)N1c1ccc([N+](=O)[O-])cc1Br. The molecule has 3 fully saturated rings. The van der Waals surface area contributed by atoms with Crippen molar-refractivity contribution in [2.75, 3.05) is 4.90 Å². The van der Waals surface area contributed by atoms with Gasteiger partial charge < -0.3 is 0 Å². The number of amides is 2.